The van der Waals surface area contributed by atoms with Crippen LogP contribution in [0.5, 0.6) is 0 Å². The number of benzene rings is 2. The lowest BCUT2D eigenvalue weighted by Gasteiger charge is -2.21. The number of rotatable bonds is 3. The van der Waals surface area contributed by atoms with Crippen LogP contribution in [-0.2, 0) is 17.4 Å². The zero-order valence-corrected chi connectivity index (χ0v) is 16.9. The normalized spacial score (nSPS) is 13.4. The van der Waals surface area contributed by atoms with E-state index in [1.54, 1.807) is 24.4 Å². The zero-order chi connectivity index (χ0) is 23.3. The van der Waals surface area contributed by atoms with Gasteiger partial charge in [0.25, 0.3) is 5.91 Å². The van der Waals surface area contributed by atoms with E-state index in [0.717, 1.165) is 17.7 Å². The molecule has 0 aliphatic carbocycles. The molecule has 33 heavy (non-hydrogen) atoms. The van der Waals surface area contributed by atoms with Gasteiger partial charge in [0, 0.05) is 34.6 Å². The molecule has 6 nitrogen and oxygen atoms in total. The lowest BCUT2D eigenvalue weighted by Crippen LogP contribution is -2.21. The maximum absolute atomic E-state index is 13.3. The number of nitrogens with two attached hydrogens (primary N) is 1. The van der Waals surface area contributed by atoms with Gasteiger partial charge in [-0.3, -0.25) is 24.5 Å². The van der Waals surface area contributed by atoms with Gasteiger partial charge in [-0.1, -0.05) is 18.2 Å². The van der Waals surface area contributed by atoms with E-state index >= 15 is 0 Å². The first-order chi connectivity index (χ1) is 15.7. The van der Waals surface area contributed by atoms with E-state index in [1.165, 1.54) is 29.3 Å². The number of hydrogen-bond acceptors (Lipinski definition) is 4. The standard InChI is InChI=1S/C24H15F3N4O2/c25-24(26,27)16-2-1-3-17(10-16)31-21(32)9-15-12-29-19-6-4-13(8-18(19)22(15)31)14-5-7-20(23(28)33)30-11-14/h1-8,10-12H,9H2,(H2,28,33). The number of alkyl halides is 3. The van der Waals surface area contributed by atoms with E-state index in [0.29, 0.717) is 27.7 Å². The van der Waals surface area contributed by atoms with E-state index in [4.69, 9.17) is 5.73 Å². The van der Waals surface area contributed by atoms with Gasteiger partial charge < -0.3 is 5.73 Å². The van der Waals surface area contributed by atoms with Crippen LogP contribution in [0.4, 0.5) is 24.5 Å². The van der Waals surface area contributed by atoms with Gasteiger partial charge in [0.05, 0.1) is 23.2 Å². The fourth-order valence-electron chi connectivity index (χ4n) is 3.96. The molecule has 5 rings (SSSR count). The molecule has 9 heteroatoms. The van der Waals surface area contributed by atoms with E-state index < -0.39 is 17.6 Å². The minimum atomic E-state index is -4.53. The van der Waals surface area contributed by atoms with Crippen molar-refractivity contribution >= 4 is 34.1 Å². The third kappa shape index (κ3) is 3.57. The van der Waals surface area contributed by atoms with Crippen LogP contribution in [0.1, 0.15) is 21.6 Å². The quantitative estimate of drug-likeness (QED) is 0.495. The Balaban J connectivity index is 1.66. The molecule has 0 saturated heterocycles. The number of pyridine rings is 2. The summed E-state index contributed by atoms with van der Waals surface area (Å²) in [5.74, 6) is -0.978. The maximum Gasteiger partial charge on any atom is 0.416 e. The van der Waals surface area contributed by atoms with Crippen LogP contribution in [0.25, 0.3) is 22.0 Å². The van der Waals surface area contributed by atoms with Crippen molar-refractivity contribution < 1.29 is 22.8 Å². The Morgan fingerprint density at radius 3 is 2.45 bits per heavy atom. The van der Waals surface area contributed by atoms with Crippen LogP contribution in [-0.4, -0.2) is 21.8 Å². The summed E-state index contributed by atoms with van der Waals surface area (Å²) in [5.41, 5.74) is 7.84. The van der Waals surface area contributed by atoms with Gasteiger partial charge in [0.15, 0.2) is 0 Å². The minimum absolute atomic E-state index is 0.0353. The fraction of sp³-hybridized carbons (Fsp3) is 0.0833. The Labute approximate surface area is 185 Å². The van der Waals surface area contributed by atoms with Crippen molar-refractivity contribution in [1.29, 1.82) is 0 Å². The van der Waals surface area contributed by atoms with Gasteiger partial charge in [-0.05, 0) is 42.0 Å². The number of aromatic nitrogens is 2. The highest BCUT2D eigenvalue weighted by molar-refractivity contribution is 6.14. The molecule has 0 atom stereocenters. The number of hydrogen-bond donors (Lipinski definition) is 1. The molecule has 2 aromatic carbocycles. The molecule has 0 radical (unpaired) electrons. The number of anilines is 2. The highest BCUT2D eigenvalue weighted by Crippen LogP contribution is 2.42. The highest BCUT2D eigenvalue weighted by Gasteiger charge is 2.34. The molecule has 2 aromatic heterocycles. The van der Waals surface area contributed by atoms with Crippen molar-refractivity contribution in [1.82, 2.24) is 9.97 Å². The average molecular weight is 448 g/mol. The number of fused-ring (bicyclic) bond motifs is 3. The third-order valence-electron chi connectivity index (χ3n) is 5.51. The van der Waals surface area contributed by atoms with Gasteiger partial charge in [0.1, 0.15) is 5.69 Å². The van der Waals surface area contributed by atoms with Gasteiger partial charge in [-0.25, -0.2) is 0 Å². The molecule has 0 saturated carbocycles. The Morgan fingerprint density at radius 2 is 1.76 bits per heavy atom. The molecule has 1 aliphatic rings. The number of amides is 2. The lowest BCUT2D eigenvalue weighted by atomic mass is 10.0. The minimum Gasteiger partial charge on any atom is -0.364 e. The lowest BCUT2D eigenvalue weighted by molar-refractivity contribution is -0.137. The Hall–Kier alpha value is -4.27. The number of carbonyl (C=O) groups excluding carboxylic acids is 2. The van der Waals surface area contributed by atoms with Crippen LogP contribution < -0.4 is 10.6 Å². The van der Waals surface area contributed by atoms with Gasteiger partial charge >= 0.3 is 6.18 Å². The van der Waals surface area contributed by atoms with E-state index in [1.807, 2.05) is 6.07 Å². The van der Waals surface area contributed by atoms with Crippen molar-refractivity contribution in [3.05, 3.63) is 83.8 Å². The van der Waals surface area contributed by atoms with Crippen LogP contribution in [0.15, 0.2) is 67.0 Å². The summed E-state index contributed by atoms with van der Waals surface area (Å²) in [4.78, 5) is 33.9. The second-order valence-electron chi connectivity index (χ2n) is 7.61. The molecule has 2 N–H and O–H groups in total. The summed E-state index contributed by atoms with van der Waals surface area (Å²) in [6.07, 6.45) is -1.41. The van der Waals surface area contributed by atoms with Crippen LogP contribution in [0, 0.1) is 0 Å². The van der Waals surface area contributed by atoms with Crippen molar-refractivity contribution in [2.45, 2.75) is 12.6 Å². The van der Waals surface area contributed by atoms with E-state index in [9.17, 15) is 22.8 Å². The molecule has 1 aliphatic heterocycles. The monoisotopic (exact) mass is 448 g/mol. The summed E-state index contributed by atoms with van der Waals surface area (Å²) >= 11 is 0. The SMILES string of the molecule is NC(=O)c1ccc(-c2ccc3ncc4c(c3c2)N(c2cccc(C(F)(F)F)c2)C(=O)C4)cn1. The number of halogens is 3. The molecular formula is C24H15F3N4O2. The zero-order valence-electron chi connectivity index (χ0n) is 16.9. The molecule has 2 amide bonds. The Bertz CT molecular complexity index is 1430. The smallest absolute Gasteiger partial charge is 0.364 e. The first kappa shape index (κ1) is 20.6. The second kappa shape index (κ2) is 7.40. The molecule has 0 spiro atoms. The third-order valence-corrected chi connectivity index (χ3v) is 5.51. The first-order valence-corrected chi connectivity index (χ1v) is 9.90. The molecule has 0 unspecified atom stereocenters. The summed E-state index contributed by atoms with van der Waals surface area (Å²) in [6.45, 7) is 0. The molecular weight excluding hydrogens is 433 g/mol. The van der Waals surface area contributed by atoms with Crippen molar-refractivity contribution in [3.63, 3.8) is 0 Å². The topological polar surface area (TPSA) is 89.2 Å². The molecule has 0 fully saturated rings. The molecule has 4 aromatic rings. The molecule has 0 bridgehead atoms. The second-order valence-corrected chi connectivity index (χ2v) is 7.61. The van der Waals surface area contributed by atoms with E-state index in [-0.39, 0.29) is 23.7 Å². The summed E-state index contributed by atoms with van der Waals surface area (Å²) in [7, 11) is 0. The molecule has 164 valence electrons. The Kier molecular flexibility index (Phi) is 4.63. The predicted octanol–water partition coefficient (Wildman–Crippen LogP) is 4.64. The van der Waals surface area contributed by atoms with Crippen molar-refractivity contribution in [2.75, 3.05) is 4.90 Å². The van der Waals surface area contributed by atoms with Crippen molar-refractivity contribution in [3.8, 4) is 11.1 Å². The number of primary amides is 1. The Morgan fingerprint density at radius 1 is 0.970 bits per heavy atom. The maximum atomic E-state index is 13.3. The van der Waals surface area contributed by atoms with Gasteiger partial charge in [-0.15, -0.1) is 0 Å². The van der Waals surface area contributed by atoms with Crippen LogP contribution in [0.2, 0.25) is 0 Å². The number of nitrogens with zero attached hydrogens (tertiary/aromatic N) is 3. The highest BCUT2D eigenvalue weighted by atomic mass is 19.4. The van der Waals surface area contributed by atoms with Gasteiger partial charge in [0.2, 0.25) is 5.91 Å². The fourth-order valence-corrected chi connectivity index (χ4v) is 3.96. The summed E-state index contributed by atoms with van der Waals surface area (Å²) in [6, 6.07) is 13.3. The average Bonchev–Trinajstić information content (AvgIpc) is 3.14. The van der Waals surface area contributed by atoms with Gasteiger partial charge in [-0.2, -0.15) is 13.2 Å². The predicted molar refractivity (Wildman–Crippen MR) is 116 cm³/mol. The molecule has 3 heterocycles. The van der Waals surface area contributed by atoms with Crippen LogP contribution >= 0.6 is 0 Å². The summed E-state index contributed by atoms with van der Waals surface area (Å²) < 4.78 is 39.8. The largest absolute Gasteiger partial charge is 0.416 e. The van der Waals surface area contributed by atoms with Crippen molar-refractivity contribution in [2.24, 2.45) is 5.73 Å². The summed E-state index contributed by atoms with van der Waals surface area (Å²) in [5, 5.41) is 0.618. The number of carbonyl (C=O) groups is 2. The van der Waals surface area contributed by atoms with Crippen LogP contribution in [0.3, 0.4) is 0 Å². The first-order valence-electron chi connectivity index (χ1n) is 9.90. The van der Waals surface area contributed by atoms with E-state index in [2.05, 4.69) is 9.97 Å².